The van der Waals surface area contributed by atoms with E-state index >= 15 is 0 Å². The summed E-state index contributed by atoms with van der Waals surface area (Å²) in [4.78, 5) is 11.3. The molecule has 0 aliphatic carbocycles. The molecule has 0 aliphatic rings. The van der Waals surface area contributed by atoms with Crippen molar-refractivity contribution in [2.24, 2.45) is 0 Å². The number of carbonyl (C=O) groups is 1. The van der Waals surface area contributed by atoms with Gasteiger partial charge >= 0.3 is 6.61 Å². The predicted molar refractivity (Wildman–Crippen MR) is 62.3 cm³/mol. The van der Waals surface area contributed by atoms with E-state index in [2.05, 4.69) is 20.7 Å². The van der Waals surface area contributed by atoms with Crippen LogP contribution in [0.15, 0.2) is 18.2 Å². The normalized spacial score (nSPS) is 12.4. The van der Waals surface area contributed by atoms with Gasteiger partial charge in [0.1, 0.15) is 0 Å². The summed E-state index contributed by atoms with van der Waals surface area (Å²) in [5, 5.41) is 0. The third-order valence-corrected chi connectivity index (χ3v) is 2.44. The highest BCUT2D eigenvalue weighted by Crippen LogP contribution is 2.30. The van der Waals surface area contributed by atoms with Crippen molar-refractivity contribution in [1.29, 1.82) is 0 Å². The molecule has 0 aliphatic heterocycles. The van der Waals surface area contributed by atoms with Crippen molar-refractivity contribution < 1.29 is 23.0 Å². The first-order valence-corrected chi connectivity index (χ1v) is 5.68. The van der Waals surface area contributed by atoms with Crippen LogP contribution in [0.3, 0.4) is 0 Å². The summed E-state index contributed by atoms with van der Waals surface area (Å²) in [6.07, 6.45) is 0. The van der Waals surface area contributed by atoms with Crippen molar-refractivity contribution in [1.82, 2.24) is 0 Å². The van der Waals surface area contributed by atoms with Crippen LogP contribution in [-0.2, 0) is 0 Å². The Kier molecular flexibility index (Phi) is 4.86. The fourth-order valence-electron chi connectivity index (χ4n) is 1.25. The molecular weight excluding hydrogens is 298 g/mol. The summed E-state index contributed by atoms with van der Waals surface area (Å²) >= 11 is 3.12. The second-order valence-electron chi connectivity index (χ2n) is 3.22. The number of halogens is 3. The molecule has 1 rings (SSSR count). The lowest BCUT2D eigenvalue weighted by Crippen LogP contribution is -2.11. The molecule has 0 fully saturated rings. The van der Waals surface area contributed by atoms with Gasteiger partial charge in [-0.3, -0.25) is 4.79 Å². The minimum Gasteiger partial charge on any atom is -0.493 e. The number of hydrogen-bond donors (Lipinski definition) is 0. The molecule has 94 valence electrons. The van der Waals surface area contributed by atoms with Gasteiger partial charge in [0.25, 0.3) is 0 Å². The van der Waals surface area contributed by atoms with Crippen molar-refractivity contribution in [2.45, 2.75) is 18.4 Å². The number of methoxy groups -OCH3 is 1. The standard InChI is InChI=1S/C11H11BrF2O3/c1-6(12)10(15)7-3-4-8(16-2)9(5-7)17-11(13)14/h3-6,11H,1-2H3. The molecule has 0 bridgehead atoms. The number of ketones is 1. The van der Waals surface area contributed by atoms with E-state index < -0.39 is 11.4 Å². The van der Waals surface area contributed by atoms with E-state index in [1.165, 1.54) is 25.3 Å². The third-order valence-electron chi connectivity index (χ3n) is 2.03. The van der Waals surface area contributed by atoms with Gasteiger partial charge in [-0.2, -0.15) is 8.78 Å². The first-order valence-electron chi connectivity index (χ1n) is 4.77. The summed E-state index contributed by atoms with van der Waals surface area (Å²) in [5.41, 5.74) is 0.283. The summed E-state index contributed by atoms with van der Waals surface area (Å²) in [6.45, 7) is -1.31. The average Bonchev–Trinajstić information content (AvgIpc) is 2.27. The van der Waals surface area contributed by atoms with Crippen LogP contribution in [0.2, 0.25) is 0 Å². The van der Waals surface area contributed by atoms with Crippen molar-refractivity contribution in [3.05, 3.63) is 23.8 Å². The highest BCUT2D eigenvalue weighted by Gasteiger charge is 2.16. The summed E-state index contributed by atoms with van der Waals surface area (Å²) in [7, 11) is 1.34. The lowest BCUT2D eigenvalue weighted by atomic mass is 10.1. The molecule has 17 heavy (non-hydrogen) atoms. The third kappa shape index (κ3) is 3.66. The van der Waals surface area contributed by atoms with Crippen LogP contribution >= 0.6 is 15.9 Å². The quantitative estimate of drug-likeness (QED) is 0.618. The predicted octanol–water partition coefficient (Wildman–Crippen LogP) is 3.26. The Balaban J connectivity index is 3.08. The fraction of sp³-hybridized carbons (Fsp3) is 0.364. The molecule has 1 aromatic carbocycles. The van der Waals surface area contributed by atoms with Crippen LogP contribution in [0.5, 0.6) is 11.5 Å². The Morgan fingerprint density at radius 1 is 1.35 bits per heavy atom. The highest BCUT2D eigenvalue weighted by molar-refractivity contribution is 9.10. The van der Waals surface area contributed by atoms with E-state index in [1.807, 2.05) is 0 Å². The SMILES string of the molecule is COc1ccc(C(=O)C(C)Br)cc1OC(F)F. The Hall–Kier alpha value is -1.17. The molecule has 0 saturated heterocycles. The molecule has 1 atom stereocenters. The molecule has 0 heterocycles. The van der Waals surface area contributed by atoms with Gasteiger partial charge in [0, 0.05) is 5.56 Å². The topological polar surface area (TPSA) is 35.5 Å². The number of carbonyl (C=O) groups excluding carboxylic acids is 1. The van der Waals surface area contributed by atoms with Gasteiger partial charge in [0.2, 0.25) is 0 Å². The molecule has 0 N–H and O–H groups in total. The van der Waals surface area contributed by atoms with Crippen molar-refractivity contribution in [2.75, 3.05) is 7.11 Å². The Morgan fingerprint density at radius 3 is 2.47 bits per heavy atom. The maximum absolute atomic E-state index is 12.2. The van der Waals surface area contributed by atoms with E-state index in [9.17, 15) is 13.6 Å². The van der Waals surface area contributed by atoms with E-state index in [0.29, 0.717) is 0 Å². The van der Waals surface area contributed by atoms with Crippen LogP contribution in [-0.4, -0.2) is 24.3 Å². The second-order valence-corrected chi connectivity index (χ2v) is 4.60. The number of Topliss-reactive ketones (excluding diaryl/α,β-unsaturated/α-hetero) is 1. The molecule has 6 heteroatoms. The molecule has 0 aromatic heterocycles. The van der Waals surface area contributed by atoms with Gasteiger partial charge in [0.05, 0.1) is 11.9 Å². The number of benzene rings is 1. The first-order chi connectivity index (χ1) is 7.95. The van der Waals surface area contributed by atoms with Gasteiger partial charge in [-0.15, -0.1) is 0 Å². The Labute approximate surface area is 106 Å². The zero-order valence-corrected chi connectivity index (χ0v) is 10.8. The largest absolute Gasteiger partial charge is 0.493 e. The summed E-state index contributed by atoms with van der Waals surface area (Å²) < 4.78 is 33.5. The van der Waals surface area contributed by atoms with Gasteiger partial charge in [-0.05, 0) is 25.1 Å². The van der Waals surface area contributed by atoms with Gasteiger partial charge < -0.3 is 9.47 Å². The number of ether oxygens (including phenoxy) is 2. The molecule has 0 saturated carbocycles. The molecule has 0 amide bonds. The molecule has 1 aromatic rings. The van der Waals surface area contributed by atoms with Gasteiger partial charge in [0.15, 0.2) is 17.3 Å². The van der Waals surface area contributed by atoms with Crippen LogP contribution in [0, 0.1) is 0 Å². The van der Waals surface area contributed by atoms with Gasteiger partial charge in [-0.1, -0.05) is 15.9 Å². The van der Waals surface area contributed by atoms with Crippen LogP contribution < -0.4 is 9.47 Å². The number of hydrogen-bond acceptors (Lipinski definition) is 3. The van der Waals surface area contributed by atoms with E-state index in [-0.39, 0.29) is 22.8 Å². The minimum absolute atomic E-state index is 0.151. The van der Waals surface area contributed by atoms with Crippen LogP contribution in [0.25, 0.3) is 0 Å². The maximum atomic E-state index is 12.2. The minimum atomic E-state index is -2.96. The van der Waals surface area contributed by atoms with Crippen LogP contribution in [0.1, 0.15) is 17.3 Å². The number of rotatable bonds is 5. The van der Waals surface area contributed by atoms with E-state index in [4.69, 9.17) is 4.74 Å². The molecule has 0 radical (unpaired) electrons. The lowest BCUT2D eigenvalue weighted by Gasteiger charge is -2.11. The van der Waals surface area contributed by atoms with E-state index in [1.54, 1.807) is 6.92 Å². The van der Waals surface area contributed by atoms with Crippen molar-refractivity contribution in [3.63, 3.8) is 0 Å². The van der Waals surface area contributed by atoms with E-state index in [0.717, 1.165) is 0 Å². The zero-order valence-electron chi connectivity index (χ0n) is 9.25. The summed E-state index contributed by atoms with van der Waals surface area (Å²) in [5.74, 6) is -0.211. The lowest BCUT2D eigenvalue weighted by molar-refractivity contribution is -0.0512. The fourth-order valence-corrected chi connectivity index (χ4v) is 1.51. The average molecular weight is 309 g/mol. The molecular formula is C11H11BrF2O3. The molecule has 0 spiro atoms. The number of alkyl halides is 3. The first kappa shape index (κ1) is 13.9. The Bertz CT molecular complexity index is 408. The summed E-state index contributed by atoms with van der Waals surface area (Å²) in [6, 6.07) is 4.16. The zero-order chi connectivity index (χ0) is 13.0. The van der Waals surface area contributed by atoms with Crippen molar-refractivity contribution >= 4 is 21.7 Å². The molecule has 1 unspecified atom stereocenters. The smallest absolute Gasteiger partial charge is 0.387 e. The van der Waals surface area contributed by atoms with Crippen molar-refractivity contribution in [3.8, 4) is 11.5 Å². The maximum Gasteiger partial charge on any atom is 0.387 e. The monoisotopic (exact) mass is 308 g/mol. The van der Waals surface area contributed by atoms with Crippen LogP contribution in [0.4, 0.5) is 8.78 Å². The second kappa shape index (κ2) is 5.95. The van der Waals surface area contributed by atoms with Gasteiger partial charge in [-0.25, -0.2) is 0 Å². The highest BCUT2D eigenvalue weighted by atomic mass is 79.9. The Morgan fingerprint density at radius 2 is 2.00 bits per heavy atom. The molecule has 3 nitrogen and oxygen atoms in total.